The van der Waals surface area contributed by atoms with Crippen LogP contribution in [0, 0.1) is 0 Å². The van der Waals surface area contributed by atoms with Crippen LogP contribution in [0.1, 0.15) is 24.8 Å². The van der Waals surface area contributed by atoms with Crippen molar-refractivity contribution in [1.82, 2.24) is 0 Å². The summed E-state index contributed by atoms with van der Waals surface area (Å²) < 4.78 is 8.38. The lowest BCUT2D eigenvalue weighted by Gasteiger charge is -2.13. The summed E-state index contributed by atoms with van der Waals surface area (Å²) in [6, 6.07) is 18.4. The van der Waals surface area contributed by atoms with Crippen molar-refractivity contribution in [3.63, 3.8) is 0 Å². The van der Waals surface area contributed by atoms with E-state index in [0.717, 1.165) is 11.5 Å². The Bertz CT molecular complexity index is 632. The number of hydrogen-bond donors (Lipinski definition) is 0. The highest BCUT2D eigenvalue weighted by Crippen LogP contribution is 2.23. The van der Waals surface area contributed by atoms with E-state index in [1.54, 1.807) is 0 Å². The monoisotopic (exact) mass is 439 g/mol. The highest BCUT2D eigenvalue weighted by atomic mass is 127. The second-order valence-corrected chi connectivity index (χ2v) is 6.29. The summed E-state index contributed by atoms with van der Waals surface area (Å²) in [5, 5.41) is 1.38. The van der Waals surface area contributed by atoms with Crippen LogP contribution >= 0.6 is 11.8 Å². The van der Waals surface area contributed by atoms with Crippen LogP contribution in [0.5, 0.6) is 11.5 Å². The normalized spacial score (nSPS) is 14.0. The van der Waals surface area contributed by atoms with Crippen molar-refractivity contribution in [2.45, 2.75) is 19.3 Å². The molecular weight excluding hydrogens is 417 g/mol. The molecule has 1 saturated heterocycles. The molecule has 0 unspecified atom stereocenters. The van der Waals surface area contributed by atoms with Crippen LogP contribution < -0.4 is 28.7 Å². The number of halogens is 1. The lowest BCUT2D eigenvalue weighted by Crippen LogP contribution is -3.00. The molecule has 3 rings (SSSR count). The SMILES string of the molecule is CSC(c1ccc(Oc2ccccc2)cc1)=[N+]1CCCCC1.[I-]. The first-order chi connectivity index (χ1) is 10.9. The summed E-state index contributed by atoms with van der Waals surface area (Å²) in [5.41, 5.74) is 1.29. The largest absolute Gasteiger partial charge is 1.00 e. The highest BCUT2D eigenvalue weighted by Gasteiger charge is 2.19. The number of thioether (sulfide) groups is 1. The minimum atomic E-state index is 0. The molecule has 1 fully saturated rings. The second kappa shape index (κ2) is 9.33. The maximum atomic E-state index is 5.86. The van der Waals surface area contributed by atoms with Gasteiger partial charge in [-0.15, -0.1) is 0 Å². The average Bonchev–Trinajstić information content (AvgIpc) is 2.59. The minimum Gasteiger partial charge on any atom is -1.00 e. The van der Waals surface area contributed by atoms with Gasteiger partial charge in [0, 0.05) is 12.8 Å². The summed E-state index contributed by atoms with van der Waals surface area (Å²) >= 11 is 1.84. The number of nitrogens with zero attached hydrogens (tertiary/aromatic N) is 1. The molecule has 0 radical (unpaired) electrons. The summed E-state index contributed by atoms with van der Waals surface area (Å²) in [4.78, 5) is 0. The Balaban J connectivity index is 0.00000192. The Hall–Kier alpha value is -1.01. The van der Waals surface area contributed by atoms with Crippen molar-refractivity contribution in [2.75, 3.05) is 19.3 Å². The van der Waals surface area contributed by atoms with Gasteiger partial charge in [-0.3, -0.25) is 0 Å². The van der Waals surface area contributed by atoms with E-state index < -0.39 is 0 Å². The molecule has 23 heavy (non-hydrogen) atoms. The first-order valence-corrected chi connectivity index (χ1v) is 9.08. The van der Waals surface area contributed by atoms with Crippen LogP contribution in [0.25, 0.3) is 0 Å². The van der Waals surface area contributed by atoms with Gasteiger partial charge in [0.05, 0.1) is 5.56 Å². The number of hydrogen-bond acceptors (Lipinski definition) is 2. The van der Waals surface area contributed by atoms with E-state index in [1.807, 2.05) is 42.1 Å². The van der Waals surface area contributed by atoms with E-state index >= 15 is 0 Å². The van der Waals surface area contributed by atoms with Crippen molar-refractivity contribution in [3.8, 4) is 11.5 Å². The fourth-order valence-corrected chi connectivity index (χ4v) is 3.63. The number of piperidine rings is 1. The maximum absolute atomic E-state index is 5.86. The lowest BCUT2D eigenvalue weighted by atomic mass is 10.1. The molecule has 0 spiro atoms. The molecule has 0 saturated carbocycles. The number of para-hydroxylation sites is 1. The molecule has 2 aromatic carbocycles. The summed E-state index contributed by atoms with van der Waals surface area (Å²) in [7, 11) is 0. The van der Waals surface area contributed by atoms with Gasteiger partial charge >= 0.3 is 0 Å². The smallest absolute Gasteiger partial charge is 0.241 e. The molecule has 0 atom stereocenters. The molecule has 1 aliphatic rings. The predicted octanol–water partition coefficient (Wildman–Crippen LogP) is 1.79. The topological polar surface area (TPSA) is 12.2 Å². The van der Waals surface area contributed by atoms with Crippen LogP contribution in [0.3, 0.4) is 0 Å². The highest BCUT2D eigenvalue weighted by molar-refractivity contribution is 8.13. The van der Waals surface area contributed by atoms with Crippen LogP contribution in [0.4, 0.5) is 0 Å². The third-order valence-corrected chi connectivity index (χ3v) is 4.80. The third kappa shape index (κ3) is 4.98. The Morgan fingerprint density at radius 2 is 1.48 bits per heavy atom. The number of rotatable bonds is 3. The van der Waals surface area contributed by atoms with E-state index in [-0.39, 0.29) is 24.0 Å². The standard InChI is InChI=1S/C19H22NOS.HI/c1-22-19(20-14-6-3-7-15-20)16-10-12-18(13-11-16)21-17-8-4-2-5-9-17;/h2,4-5,8-13H,3,6-7,14-15H2,1H3;1H/q+1;/p-1. The van der Waals surface area contributed by atoms with Crippen LogP contribution in [-0.4, -0.2) is 29.0 Å². The summed E-state index contributed by atoms with van der Waals surface area (Å²) in [6.45, 7) is 2.36. The van der Waals surface area contributed by atoms with Gasteiger partial charge in [0.25, 0.3) is 0 Å². The maximum Gasteiger partial charge on any atom is 0.241 e. The summed E-state index contributed by atoms with van der Waals surface area (Å²) in [5.74, 6) is 1.76. The quantitative estimate of drug-likeness (QED) is 0.411. The zero-order valence-electron chi connectivity index (χ0n) is 13.4. The van der Waals surface area contributed by atoms with E-state index in [0.29, 0.717) is 0 Å². The van der Waals surface area contributed by atoms with Crippen molar-refractivity contribution in [3.05, 3.63) is 60.2 Å². The van der Waals surface area contributed by atoms with E-state index in [2.05, 4.69) is 35.1 Å². The number of ether oxygens (including phenoxy) is 1. The molecular formula is C19H22INOS. The van der Waals surface area contributed by atoms with Gasteiger partial charge in [-0.2, -0.15) is 0 Å². The molecule has 0 amide bonds. The fraction of sp³-hybridized carbons (Fsp3) is 0.316. The fourth-order valence-electron chi connectivity index (χ4n) is 2.82. The van der Waals surface area contributed by atoms with Crippen molar-refractivity contribution >= 4 is 16.8 Å². The third-order valence-electron chi connectivity index (χ3n) is 3.92. The van der Waals surface area contributed by atoms with Gasteiger partial charge in [0.1, 0.15) is 24.6 Å². The van der Waals surface area contributed by atoms with Gasteiger partial charge in [0.2, 0.25) is 5.04 Å². The first kappa shape index (κ1) is 18.3. The Morgan fingerprint density at radius 3 is 2.09 bits per heavy atom. The zero-order chi connectivity index (χ0) is 15.2. The second-order valence-electron chi connectivity index (χ2n) is 5.50. The van der Waals surface area contributed by atoms with E-state index in [9.17, 15) is 0 Å². The molecule has 122 valence electrons. The minimum absolute atomic E-state index is 0. The first-order valence-electron chi connectivity index (χ1n) is 7.86. The van der Waals surface area contributed by atoms with Crippen molar-refractivity contribution < 1.29 is 33.3 Å². The van der Waals surface area contributed by atoms with Crippen molar-refractivity contribution in [2.24, 2.45) is 0 Å². The van der Waals surface area contributed by atoms with Crippen LogP contribution in [0.15, 0.2) is 54.6 Å². The predicted molar refractivity (Wildman–Crippen MR) is 94.4 cm³/mol. The van der Waals surface area contributed by atoms with Gasteiger partial charge in [-0.1, -0.05) is 30.0 Å². The molecule has 2 aromatic rings. The van der Waals surface area contributed by atoms with Gasteiger partial charge in [-0.25, -0.2) is 4.58 Å². The zero-order valence-corrected chi connectivity index (χ0v) is 16.3. The van der Waals surface area contributed by atoms with Gasteiger partial charge < -0.3 is 28.7 Å². The van der Waals surface area contributed by atoms with Crippen molar-refractivity contribution in [1.29, 1.82) is 0 Å². The molecule has 0 aromatic heterocycles. The molecule has 2 nitrogen and oxygen atoms in total. The van der Waals surface area contributed by atoms with Gasteiger partial charge in [0.15, 0.2) is 0 Å². The Kier molecular flexibility index (Phi) is 7.43. The molecule has 4 heteroatoms. The molecule has 0 N–H and O–H groups in total. The lowest BCUT2D eigenvalue weighted by molar-refractivity contribution is -0.534. The Morgan fingerprint density at radius 1 is 0.870 bits per heavy atom. The summed E-state index contributed by atoms with van der Waals surface area (Å²) in [6.07, 6.45) is 6.14. The molecule has 1 heterocycles. The van der Waals surface area contributed by atoms with E-state index in [1.165, 1.54) is 43.0 Å². The molecule has 1 aliphatic heterocycles. The van der Waals surface area contributed by atoms with Crippen LogP contribution in [-0.2, 0) is 0 Å². The van der Waals surface area contributed by atoms with Crippen LogP contribution in [0.2, 0.25) is 0 Å². The number of benzene rings is 2. The molecule has 0 bridgehead atoms. The Labute approximate surface area is 160 Å². The van der Waals surface area contributed by atoms with E-state index in [4.69, 9.17) is 4.74 Å². The average molecular weight is 439 g/mol. The molecule has 0 aliphatic carbocycles. The van der Waals surface area contributed by atoms with Gasteiger partial charge in [-0.05, 0) is 49.1 Å².